The zero-order valence-electron chi connectivity index (χ0n) is 15.8. The lowest BCUT2D eigenvalue weighted by atomic mass is 9.83. The van der Waals surface area contributed by atoms with Crippen LogP contribution in [0, 0.1) is 23.0 Å². The number of aromatic nitrogens is 2. The third-order valence-electron chi connectivity index (χ3n) is 5.29. The van der Waals surface area contributed by atoms with E-state index in [2.05, 4.69) is 15.3 Å². The van der Waals surface area contributed by atoms with Gasteiger partial charge >= 0.3 is 5.69 Å². The van der Waals surface area contributed by atoms with Gasteiger partial charge in [0.15, 0.2) is 0 Å². The van der Waals surface area contributed by atoms with Crippen LogP contribution in [-0.4, -0.2) is 20.9 Å². The van der Waals surface area contributed by atoms with Crippen LogP contribution in [0.25, 0.3) is 0 Å². The van der Waals surface area contributed by atoms with Gasteiger partial charge < -0.3 is 16.8 Å². The van der Waals surface area contributed by atoms with Crippen molar-refractivity contribution >= 4 is 29.1 Å². The minimum Gasteiger partial charge on any atom is -0.378 e. The molecule has 1 saturated carbocycles. The predicted molar refractivity (Wildman–Crippen MR) is 110 cm³/mol. The van der Waals surface area contributed by atoms with Gasteiger partial charge in [-0.15, -0.1) is 0 Å². The number of nitrogens with one attached hydrogen (secondary N) is 1. The van der Waals surface area contributed by atoms with Gasteiger partial charge in [-0.05, 0) is 68.2 Å². The van der Waals surface area contributed by atoms with Crippen LogP contribution < -0.4 is 16.8 Å². The zero-order chi connectivity index (χ0) is 20.3. The molecular weight excluding hydrogens is 380 g/mol. The Labute approximate surface area is 168 Å². The molecule has 0 unspecified atom stereocenters. The molecule has 28 heavy (non-hydrogen) atoms. The summed E-state index contributed by atoms with van der Waals surface area (Å²) in [5.41, 5.74) is 14.1. The monoisotopic (exact) mass is 404 g/mol. The summed E-state index contributed by atoms with van der Waals surface area (Å²) in [7, 11) is 0. The molecule has 2 aromatic rings. The quantitative estimate of drug-likeness (QED) is 0.494. The van der Waals surface area contributed by atoms with E-state index in [1.165, 1.54) is 0 Å². The number of hydrogen-bond acceptors (Lipinski definition) is 7. The van der Waals surface area contributed by atoms with Crippen LogP contribution in [0.5, 0.6) is 0 Å². The third kappa shape index (κ3) is 4.88. The number of halogens is 1. The van der Waals surface area contributed by atoms with Crippen molar-refractivity contribution in [3.05, 3.63) is 50.2 Å². The Morgan fingerprint density at radius 1 is 1.29 bits per heavy atom. The summed E-state index contributed by atoms with van der Waals surface area (Å²) in [5, 5.41) is 15.3. The van der Waals surface area contributed by atoms with Crippen LogP contribution in [0.4, 0.5) is 17.5 Å². The second kappa shape index (κ2) is 8.70. The maximum atomic E-state index is 11.5. The molecule has 1 aliphatic rings. The molecule has 1 heterocycles. The largest absolute Gasteiger partial charge is 0.378 e. The standard InChI is InChI=1S/C19H25ClN6O2/c1-11-2-5-14(20)9-13(11)10-23-19-24-16(17(26(27)28)18(22)25-19)8-12-3-6-15(21)7-4-12/h2,5,9,12,15H,3-4,6-8,10,21H2,1H3,(H3,22,23,24,25). The summed E-state index contributed by atoms with van der Waals surface area (Å²) >= 11 is 6.06. The molecule has 1 fully saturated rings. The van der Waals surface area contributed by atoms with Crippen LogP contribution in [0.15, 0.2) is 18.2 Å². The van der Waals surface area contributed by atoms with E-state index in [-0.39, 0.29) is 23.5 Å². The lowest BCUT2D eigenvalue weighted by molar-refractivity contribution is -0.385. The van der Waals surface area contributed by atoms with E-state index in [9.17, 15) is 10.1 Å². The minimum absolute atomic E-state index is 0.118. The van der Waals surface area contributed by atoms with Gasteiger partial charge in [0.25, 0.3) is 0 Å². The summed E-state index contributed by atoms with van der Waals surface area (Å²) in [6.45, 7) is 2.43. The highest BCUT2D eigenvalue weighted by molar-refractivity contribution is 6.30. The van der Waals surface area contributed by atoms with Crippen molar-refractivity contribution in [1.29, 1.82) is 0 Å². The highest BCUT2D eigenvalue weighted by Gasteiger charge is 2.27. The Morgan fingerprint density at radius 3 is 2.68 bits per heavy atom. The topological polar surface area (TPSA) is 133 Å². The lowest BCUT2D eigenvalue weighted by Crippen LogP contribution is -2.27. The van der Waals surface area contributed by atoms with E-state index in [4.69, 9.17) is 23.1 Å². The van der Waals surface area contributed by atoms with E-state index in [0.717, 1.165) is 36.8 Å². The van der Waals surface area contributed by atoms with Gasteiger partial charge in [0.05, 0.1) is 4.92 Å². The van der Waals surface area contributed by atoms with Crippen molar-refractivity contribution in [3.8, 4) is 0 Å². The average molecular weight is 405 g/mol. The van der Waals surface area contributed by atoms with Gasteiger partial charge in [-0.1, -0.05) is 17.7 Å². The van der Waals surface area contributed by atoms with E-state index in [1.807, 2.05) is 25.1 Å². The Bertz CT molecular complexity index is 868. The first-order valence-electron chi connectivity index (χ1n) is 9.38. The third-order valence-corrected chi connectivity index (χ3v) is 5.52. The number of rotatable bonds is 6. The number of aryl methyl sites for hydroxylation is 1. The molecule has 150 valence electrons. The van der Waals surface area contributed by atoms with Crippen molar-refractivity contribution < 1.29 is 4.92 Å². The Morgan fingerprint density at radius 2 is 2.00 bits per heavy atom. The fourth-order valence-electron chi connectivity index (χ4n) is 3.61. The second-order valence-electron chi connectivity index (χ2n) is 7.39. The molecule has 0 spiro atoms. The van der Waals surface area contributed by atoms with Crippen molar-refractivity contribution in [3.63, 3.8) is 0 Å². The first-order valence-corrected chi connectivity index (χ1v) is 9.76. The van der Waals surface area contributed by atoms with Crippen LogP contribution in [0.2, 0.25) is 5.02 Å². The molecule has 1 aromatic carbocycles. The first kappa shape index (κ1) is 20.3. The highest BCUT2D eigenvalue weighted by Crippen LogP contribution is 2.32. The average Bonchev–Trinajstić information content (AvgIpc) is 2.63. The molecule has 1 aromatic heterocycles. The van der Waals surface area contributed by atoms with E-state index in [1.54, 1.807) is 0 Å². The maximum Gasteiger partial charge on any atom is 0.332 e. The van der Waals surface area contributed by atoms with Gasteiger partial charge in [-0.25, -0.2) is 4.98 Å². The highest BCUT2D eigenvalue weighted by atomic mass is 35.5. The molecule has 1 aliphatic carbocycles. The van der Waals surface area contributed by atoms with Crippen molar-refractivity contribution in [2.75, 3.05) is 11.1 Å². The van der Waals surface area contributed by atoms with Crippen LogP contribution in [-0.2, 0) is 13.0 Å². The second-order valence-corrected chi connectivity index (χ2v) is 7.83. The predicted octanol–water partition coefficient (Wildman–Crippen LogP) is 3.60. The van der Waals surface area contributed by atoms with E-state index < -0.39 is 4.92 Å². The summed E-state index contributed by atoms with van der Waals surface area (Å²) in [6, 6.07) is 5.85. The number of hydrogen-bond donors (Lipinski definition) is 3. The van der Waals surface area contributed by atoms with Crippen molar-refractivity contribution in [1.82, 2.24) is 9.97 Å². The normalized spacial score (nSPS) is 19.4. The summed E-state index contributed by atoms with van der Waals surface area (Å²) < 4.78 is 0. The molecule has 0 atom stereocenters. The number of anilines is 2. The maximum absolute atomic E-state index is 11.5. The molecule has 0 saturated heterocycles. The molecule has 0 bridgehead atoms. The van der Waals surface area contributed by atoms with Crippen LogP contribution in [0.1, 0.15) is 42.5 Å². The smallest absolute Gasteiger partial charge is 0.332 e. The molecule has 5 N–H and O–H groups in total. The molecule has 8 nitrogen and oxygen atoms in total. The Hall–Kier alpha value is -2.45. The van der Waals surface area contributed by atoms with Crippen LogP contribution >= 0.6 is 11.6 Å². The van der Waals surface area contributed by atoms with E-state index >= 15 is 0 Å². The van der Waals surface area contributed by atoms with Gasteiger partial charge in [0.1, 0.15) is 5.69 Å². The fraction of sp³-hybridized carbons (Fsp3) is 0.474. The van der Waals surface area contributed by atoms with Crippen molar-refractivity contribution in [2.24, 2.45) is 11.7 Å². The fourth-order valence-corrected chi connectivity index (χ4v) is 3.81. The number of nitrogens with two attached hydrogens (primary N) is 2. The van der Waals surface area contributed by atoms with Crippen LogP contribution in [0.3, 0.4) is 0 Å². The zero-order valence-corrected chi connectivity index (χ0v) is 16.6. The summed E-state index contributed by atoms with van der Waals surface area (Å²) in [6.07, 6.45) is 4.23. The molecule has 0 radical (unpaired) electrons. The SMILES string of the molecule is Cc1ccc(Cl)cc1CNc1nc(N)c([N+](=O)[O-])c(CC2CCC(N)CC2)n1. The summed E-state index contributed by atoms with van der Waals surface area (Å²) in [5.74, 6) is 0.480. The molecule has 3 rings (SSSR count). The molecule has 0 aliphatic heterocycles. The van der Waals surface area contributed by atoms with Crippen molar-refractivity contribution in [2.45, 2.75) is 51.6 Å². The molecule has 9 heteroatoms. The number of benzene rings is 1. The van der Waals surface area contributed by atoms with Gasteiger partial charge in [-0.3, -0.25) is 10.1 Å². The van der Waals surface area contributed by atoms with Gasteiger partial charge in [0.2, 0.25) is 11.8 Å². The lowest BCUT2D eigenvalue weighted by Gasteiger charge is -2.25. The number of nitrogen functional groups attached to an aromatic ring is 1. The number of nitro groups is 1. The van der Waals surface area contributed by atoms with Gasteiger partial charge in [-0.2, -0.15) is 4.98 Å². The first-order chi connectivity index (χ1) is 13.3. The van der Waals surface area contributed by atoms with E-state index in [0.29, 0.717) is 29.6 Å². The van der Waals surface area contributed by atoms with Gasteiger partial charge in [0, 0.05) is 17.6 Å². The molecule has 0 amide bonds. The Kier molecular flexibility index (Phi) is 6.31. The minimum atomic E-state index is -0.496. The molecular formula is C19H25ClN6O2. The Balaban J connectivity index is 1.81. The summed E-state index contributed by atoms with van der Waals surface area (Å²) in [4.78, 5) is 19.5. The number of nitrogens with zero attached hydrogens (tertiary/aromatic N) is 3.